The second kappa shape index (κ2) is 10.1. The molecule has 0 aliphatic rings. The van der Waals surface area contributed by atoms with Gasteiger partial charge in [-0.1, -0.05) is 26.0 Å². The number of likely N-dealkylation sites (N-methyl/N-ethyl adjacent to an activating group) is 1. The molecule has 0 fully saturated rings. The Morgan fingerprint density at radius 1 is 1.16 bits per heavy atom. The molecule has 0 unspecified atom stereocenters. The molecule has 0 saturated carbocycles. The molecule has 142 valence electrons. The average molecular weight is 387 g/mol. The third-order valence-electron chi connectivity index (χ3n) is 3.92. The molecule has 6 nitrogen and oxygen atoms in total. The van der Waals surface area contributed by atoms with Crippen LogP contribution in [0.3, 0.4) is 0 Å². The topological polar surface area (TPSA) is 64.7 Å². The summed E-state index contributed by atoms with van der Waals surface area (Å²) in [5.74, 6) is 0. The molecule has 0 aliphatic heterocycles. The van der Waals surface area contributed by atoms with Crippen LogP contribution in [-0.2, 0) is 10.0 Å². The quantitative estimate of drug-likeness (QED) is 0.631. The fraction of sp³-hybridized carbons (Fsp3) is 0.588. The zero-order valence-corrected chi connectivity index (χ0v) is 17.4. The molecule has 1 aromatic carbocycles. The van der Waals surface area contributed by atoms with Crippen molar-refractivity contribution in [1.29, 1.82) is 0 Å². The molecule has 0 heterocycles. The first-order valence-corrected chi connectivity index (χ1v) is 10.4. The molecule has 0 aromatic heterocycles. The highest BCUT2D eigenvalue weighted by Crippen LogP contribution is 2.19. The Kier molecular flexibility index (Phi) is 8.78. The van der Waals surface area contributed by atoms with Crippen LogP contribution < -0.4 is 10.6 Å². The Balaban J connectivity index is 2.71. The van der Waals surface area contributed by atoms with Gasteiger partial charge in [0.05, 0.1) is 10.9 Å². The lowest BCUT2D eigenvalue weighted by atomic mass is 10.1. The van der Waals surface area contributed by atoms with E-state index in [1.807, 2.05) is 47.0 Å². The van der Waals surface area contributed by atoms with Crippen molar-refractivity contribution in [3.63, 3.8) is 0 Å². The van der Waals surface area contributed by atoms with E-state index in [1.54, 1.807) is 12.1 Å². The average Bonchev–Trinajstić information content (AvgIpc) is 2.55. The van der Waals surface area contributed by atoms with Crippen LogP contribution in [0.25, 0.3) is 0 Å². The first kappa shape index (κ1) is 21.8. The minimum Gasteiger partial charge on any atom is -0.361 e. The summed E-state index contributed by atoms with van der Waals surface area (Å²) in [6.45, 7) is 8.27. The van der Waals surface area contributed by atoms with E-state index < -0.39 is 10.0 Å². The number of benzene rings is 1. The third kappa shape index (κ3) is 6.54. The van der Waals surface area contributed by atoms with E-state index in [2.05, 4.69) is 15.5 Å². The van der Waals surface area contributed by atoms with Crippen molar-refractivity contribution >= 4 is 27.4 Å². The zero-order valence-electron chi connectivity index (χ0n) is 15.7. The van der Waals surface area contributed by atoms with E-state index in [0.29, 0.717) is 23.1 Å². The Morgan fingerprint density at radius 2 is 1.72 bits per heavy atom. The summed E-state index contributed by atoms with van der Waals surface area (Å²) >= 11 is 5.29. The van der Waals surface area contributed by atoms with Gasteiger partial charge in [0.25, 0.3) is 0 Å². The van der Waals surface area contributed by atoms with Crippen LogP contribution in [0.4, 0.5) is 0 Å². The first-order valence-electron chi connectivity index (χ1n) is 8.51. The highest BCUT2D eigenvalue weighted by atomic mass is 32.2. The molecule has 8 heteroatoms. The highest BCUT2D eigenvalue weighted by molar-refractivity contribution is 7.89. The summed E-state index contributed by atoms with van der Waals surface area (Å²) in [6, 6.07) is 6.96. The molecule has 0 spiro atoms. The minimum atomic E-state index is -3.42. The summed E-state index contributed by atoms with van der Waals surface area (Å²) in [4.78, 5) is 2.40. The zero-order chi connectivity index (χ0) is 19.0. The summed E-state index contributed by atoms with van der Waals surface area (Å²) in [6.07, 6.45) is 0. The lowest BCUT2D eigenvalue weighted by Crippen LogP contribution is -2.39. The maximum Gasteiger partial charge on any atom is 0.243 e. The summed E-state index contributed by atoms with van der Waals surface area (Å²) in [5, 5.41) is 6.96. The fourth-order valence-corrected chi connectivity index (χ4v) is 4.10. The molecular weight excluding hydrogens is 356 g/mol. The van der Waals surface area contributed by atoms with Gasteiger partial charge in [0, 0.05) is 26.2 Å². The Hall–Kier alpha value is -1.22. The lowest BCUT2D eigenvalue weighted by Gasteiger charge is -2.20. The summed E-state index contributed by atoms with van der Waals surface area (Å²) < 4.78 is 26.5. The molecule has 1 rings (SSSR count). The monoisotopic (exact) mass is 386 g/mol. The second-order valence-corrected chi connectivity index (χ2v) is 8.43. The maximum absolute atomic E-state index is 12.5. The van der Waals surface area contributed by atoms with Crippen molar-refractivity contribution in [2.75, 3.05) is 40.3 Å². The Morgan fingerprint density at radius 3 is 2.20 bits per heavy atom. The molecule has 1 aromatic rings. The fourth-order valence-electron chi connectivity index (χ4n) is 2.37. The minimum absolute atomic E-state index is 0.00966. The number of rotatable bonds is 9. The van der Waals surface area contributed by atoms with Crippen LogP contribution in [0.1, 0.15) is 32.4 Å². The number of hydrogen-bond donors (Lipinski definition) is 2. The Labute approximate surface area is 157 Å². The standard InChI is InChI=1S/C17H30N4O2S2/c1-6-21(7-2)25(22,23)16-10-8-15(9-11-16)14(3)19-17(24)18-12-13-20(4)5/h8-11,14H,6-7,12-13H2,1-5H3,(H2,18,19,24)/t14-/m0/s1. The van der Waals surface area contributed by atoms with Crippen LogP contribution in [0.5, 0.6) is 0 Å². The van der Waals surface area contributed by atoms with E-state index in [0.717, 1.165) is 18.7 Å². The van der Waals surface area contributed by atoms with Crippen LogP contribution in [-0.4, -0.2) is 63.0 Å². The van der Waals surface area contributed by atoms with Crippen LogP contribution in [0.2, 0.25) is 0 Å². The van der Waals surface area contributed by atoms with Crippen molar-refractivity contribution in [1.82, 2.24) is 19.8 Å². The van der Waals surface area contributed by atoms with Crippen LogP contribution >= 0.6 is 12.2 Å². The molecular formula is C17H30N4O2S2. The van der Waals surface area contributed by atoms with E-state index >= 15 is 0 Å². The molecule has 0 bridgehead atoms. The molecule has 2 N–H and O–H groups in total. The highest BCUT2D eigenvalue weighted by Gasteiger charge is 2.21. The van der Waals surface area contributed by atoms with E-state index in [9.17, 15) is 8.42 Å². The maximum atomic E-state index is 12.5. The summed E-state index contributed by atoms with van der Waals surface area (Å²) in [5.41, 5.74) is 0.982. The van der Waals surface area contributed by atoms with Gasteiger partial charge in [0.2, 0.25) is 10.0 Å². The van der Waals surface area contributed by atoms with Crippen molar-refractivity contribution in [2.24, 2.45) is 0 Å². The molecule has 1 atom stereocenters. The van der Waals surface area contributed by atoms with Crippen LogP contribution in [0, 0.1) is 0 Å². The van der Waals surface area contributed by atoms with Crippen molar-refractivity contribution in [3.05, 3.63) is 29.8 Å². The number of thiocarbonyl (C=S) groups is 1. The van der Waals surface area contributed by atoms with Crippen molar-refractivity contribution in [3.8, 4) is 0 Å². The van der Waals surface area contributed by atoms with Gasteiger partial charge in [-0.05, 0) is 50.9 Å². The van der Waals surface area contributed by atoms with E-state index in [4.69, 9.17) is 12.2 Å². The molecule has 0 amide bonds. The normalized spacial score (nSPS) is 13.1. The van der Waals surface area contributed by atoms with Crippen LogP contribution in [0.15, 0.2) is 29.2 Å². The predicted octanol–water partition coefficient (Wildman–Crippen LogP) is 1.80. The molecule has 0 aliphatic carbocycles. The van der Waals surface area contributed by atoms with E-state index in [1.165, 1.54) is 4.31 Å². The number of sulfonamides is 1. The Bertz CT molecular complexity index is 641. The predicted molar refractivity (Wildman–Crippen MR) is 107 cm³/mol. The smallest absolute Gasteiger partial charge is 0.243 e. The van der Waals surface area contributed by atoms with Crippen molar-refractivity contribution < 1.29 is 8.42 Å². The number of nitrogens with zero attached hydrogens (tertiary/aromatic N) is 2. The molecule has 25 heavy (non-hydrogen) atoms. The van der Waals surface area contributed by atoms with Gasteiger partial charge in [-0.25, -0.2) is 8.42 Å². The SMILES string of the molecule is CCN(CC)S(=O)(=O)c1ccc([C@H](C)NC(=S)NCCN(C)C)cc1. The lowest BCUT2D eigenvalue weighted by molar-refractivity contribution is 0.412. The van der Waals surface area contributed by atoms with Gasteiger partial charge < -0.3 is 15.5 Å². The van der Waals surface area contributed by atoms with Gasteiger partial charge in [0.1, 0.15) is 0 Å². The van der Waals surface area contributed by atoms with Gasteiger partial charge in [0.15, 0.2) is 5.11 Å². The second-order valence-electron chi connectivity index (χ2n) is 6.08. The molecule has 0 saturated heterocycles. The van der Waals surface area contributed by atoms with Gasteiger partial charge in [-0.3, -0.25) is 0 Å². The van der Waals surface area contributed by atoms with Gasteiger partial charge in [-0.2, -0.15) is 4.31 Å². The van der Waals surface area contributed by atoms with Crippen molar-refractivity contribution in [2.45, 2.75) is 31.7 Å². The first-order chi connectivity index (χ1) is 11.7. The summed E-state index contributed by atoms with van der Waals surface area (Å²) in [7, 11) is 0.600. The van der Waals surface area contributed by atoms with Gasteiger partial charge >= 0.3 is 0 Å². The van der Waals surface area contributed by atoms with E-state index in [-0.39, 0.29) is 6.04 Å². The van der Waals surface area contributed by atoms with Gasteiger partial charge in [-0.15, -0.1) is 0 Å². The largest absolute Gasteiger partial charge is 0.361 e. The number of hydrogen-bond acceptors (Lipinski definition) is 4. The third-order valence-corrected chi connectivity index (χ3v) is 6.24. The molecule has 0 radical (unpaired) electrons. The number of nitrogens with one attached hydrogen (secondary N) is 2.